The van der Waals surface area contributed by atoms with Gasteiger partial charge in [0.05, 0.1) is 132 Å². The minimum Gasteiger partial charge on any atom is -0.481 e. The summed E-state index contributed by atoms with van der Waals surface area (Å²) in [6, 6.07) is 0. The molecule has 0 bridgehead atoms. The highest BCUT2D eigenvalue weighted by atomic mass is 16.6. The van der Waals surface area contributed by atoms with Crippen LogP contribution in [0.5, 0.6) is 0 Å². The fraction of sp³-hybridized carbons (Fsp3) is 0.955. The lowest BCUT2D eigenvalue weighted by molar-refractivity contribution is -0.138. The van der Waals surface area contributed by atoms with E-state index in [1.54, 1.807) is 7.11 Å². The molecular weight excluding hydrogens is 456 g/mol. The number of hydrogen-bond donors (Lipinski definition) is 1. The van der Waals surface area contributed by atoms with Gasteiger partial charge in [0.15, 0.2) is 0 Å². The van der Waals surface area contributed by atoms with Crippen LogP contribution in [0.15, 0.2) is 0 Å². The van der Waals surface area contributed by atoms with Crippen molar-refractivity contribution in [2.75, 3.05) is 133 Å². The van der Waals surface area contributed by atoms with Crippen LogP contribution in [0.1, 0.15) is 6.42 Å². The van der Waals surface area contributed by atoms with E-state index in [2.05, 4.69) is 0 Å². The van der Waals surface area contributed by atoms with Gasteiger partial charge in [0.1, 0.15) is 0 Å². The SMILES string of the molecule is COCCOCCOCCOCCOCCOCCOCCOCCOCCOCCC(=O)O. The summed E-state index contributed by atoms with van der Waals surface area (Å²) in [5.41, 5.74) is 0. The Labute approximate surface area is 202 Å². The topological polar surface area (TPSA) is 130 Å². The first-order valence-corrected chi connectivity index (χ1v) is 11.7. The molecule has 0 unspecified atom stereocenters. The number of hydrogen-bond acceptors (Lipinski definition) is 11. The Morgan fingerprint density at radius 3 is 0.824 bits per heavy atom. The van der Waals surface area contributed by atoms with Gasteiger partial charge in [0.2, 0.25) is 0 Å². The second-order valence-electron chi connectivity index (χ2n) is 6.65. The van der Waals surface area contributed by atoms with Crippen molar-refractivity contribution < 1.29 is 57.3 Å². The zero-order valence-corrected chi connectivity index (χ0v) is 20.6. The predicted octanol–water partition coefficient (Wildman–Crippen LogP) is 0.257. The fourth-order valence-electron chi connectivity index (χ4n) is 2.16. The first-order chi connectivity index (χ1) is 16.8. The summed E-state index contributed by atoms with van der Waals surface area (Å²) in [6.07, 6.45) is 0.00231. The van der Waals surface area contributed by atoms with Gasteiger partial charge in [-0.2, -0.15) is 0 Å². The smallest absolute Gasteiger partial charge is 0.305 e. The largest absolute Gasteiger partial charge is 0.481 e. The summed E-state index contributed by atoms with van der Waals surface area (Å²) >= 11 is 0. The molecule has 0 radical (unpaired) electrons. The molecule has 0 saturated carbocycles. The van der Waals surface area contributed by atoms with E-state index in [0.29, 0.717) is 119 Å². The number of rotatable bonds is 30. The quantitative estimate of drug-likeness (QED) is 0.136. The second kappa shape index (κ2) is 30.1. The van der Waals surface area contributed by atoms with Crippen LogP contribution in [0, 0.1) is 0 Å². The molecule has 0 aromatic carbocycles. The lowest BCUT2D eigenvalue weighted by Gasteiger charge is -2.08. The van der Waals surface area contributed by atoms with E-state index in [4.69, 9.17) is 52.5 Å². The highest BCUT2D eigenvalue weighted by Crippen LogP contribution is 1.87. The molecule has 0 aromatic rings. The van der Waals surface area contributed by atoms with Crippen molar-refractivity contribution in [2.24, 2.45) is 0 Å². The maximum absolute atomic E-state index is 10.3. The zero-order chi connectivity index (χ0) is 24.8. The van der Waals surface area contributed by atoms with Crippen molar-refractivity contribution in [3.8, 4) is 0 Å². The van der Waals surface area contributed by atoms with E-state index in [9.17, 15) is 4.79 Å². The Bertz CT molecular complexity index is 400. The number of carboxylic acid groups (broad SMARTS) is 1. The third-order valence-corrected chi connectivity index (χ3v) is 3.87. The molecule has 0 aromatic heterocycles. The summed E-state index contributed by atoms with van der Waals surface area (Å²) < 4.78 is 52.9. The Morgan fingerprint density at radius 2 is 0.618 bits per heavy atom. The minimum absolute atomic E-state index is 0.00231. The maximum Gasteiger partial charge on any atom is 0.305 e. The molecule has 0 fully saturated rings. The number of methoxy groups -OCH3 is 1. The van der Waals surface area contributed by atoms with E-state index >= 15 is 0 Å². The first-order valence-electron chi connectivity index (χ1n) is 11.7. The number of aliphatic carboxylic acids is 1. The molecule has 0 heterocycles. The molecular formula is C22H44O12. The summed E-state index contributed by atoms with van der Waals surface area (Å²) in [7, 11) is 1.64. The summed E-state index contributed by atoms with van der Waals surface area (Å²) in [5.74, 6) is -0.871. The predicted molar refractivity (Wildman–Crippen MR) is 121 cm³/mol. The van der Waals surface area contributed by atoms with Gasteiger partial charge >= 0.3 is 5.97 Å². The third-order valence-electron chi connectivity index (χ3n) is 3.87. The molecule has 12 nitrogen and oxygen atoms in total. The van der Waals surface area contributed by atoms with Crippen LogP contribution < -0.4 is 0 Å². The molecule has 0 aliphatic carbocycles. The van der Waals surface area contributed by atoms with Gasteiger partial charge in [-0.1, -0.05) is 0 Å². The van der Waals surface area contributed by atoms with Crippen molar-refractivity contribution in [1.29, 1.82) is 0 Å². The van der Waals surface area contributed by atoms with Gasteiger partial charge in [0.25, 0.3) is 0 Å². The Balaban J connectivity index is 3.01. The lowest BCUT2D eigenvalue weighted by atomic mass is 10.5. The molecule has 0 rings (SSSR count). The summed E-state index contributed by atoms with van der Waals surface area (Å²) in [4.78, 5) is 10.3. The van der Waals surface area contributed by atoms with E-state index in [1.165, 1.54) is 0 Å². The van der Waals surface area contributed by atoms with Crippen molar-refractivity contribution >= 4 is 5.97 Å². The average Bonchev–Trinajstić information content (AvgIpc) is 2.83. The third kappa shape index (κ3) is 31.1. The summed E-state index contributed by atoms with van der Waals surface area (Å²) in [6.45, 7) is 9.22. The molecule has 0 aliphatic rings. The van der Waals surface area contributed by atoms with Crippen LogP contribution in [0.3, 0.4) is 0 Å². The van der Waals surface area contributed by atoms with E-state index in [-0.39, 0.29) is 13.0 Å². The van der Waals surface area contributed by atoms with Crippen LogP contribution in [0.2, 0.25) is 0 Å². The zero-order valence-electron chi connectivity index (χ0n) is 20.6. The van der Waals surface area contributed by atoms with Crippen LogP contribution in [-0.2, 0) is 52.2 Å². The van der Waals surface area contributed by atoms with Gasteiger partial charge in [-0.15, -0.1) is 0 Å². The first kappa shape index (κ1) is 33.1. The van der Waals surface area contributed by atoms with Crippen LogP contribution in [-0.4, -0.2) is 144 Å². The standard InChI is InChI=1S/C22H44O12/c1-25-4-5-27-8-9-29-12-13-31-16-17-33-20-21-34-19-18-32-15-14-30-11-10-28-7-6-26-3-2-22(23)24/h2-21H2,1H3,(H,23,24). The van der Waals surface area contributed by atoms with Gasteiger partial charge in [-0.25, -0.2) is 0 Å². The average molecular weight is 501 g/mol. The van der Waals surface area contributed by atoms with Crippen molar-refractivity contribution in [1.82, 2.24) is 0 Å². The second-order valence-corrected chi connectivity index (χ2v) is 6.65. The molecule has 1 N–H and O–H groups in total. The van der Waals surface area contributed by atoms with Crippen LogP contribution in [0.25, 0.3) is 0 Å². The summed E-state index contributed by atoms with van der Waals surface area (Å²) in [5, 5.41) is 8.45. The minimum atomic E-state index is -0.871. The van der Waals surface area contributed by atoms with Gasteiger partial charge < -0.3 is 52.5 Å². The van der Waals surface area contributed by atoms with Crippen LogP contribution in [0.4, 0.5) is 0 Å². The van der Waals surface area contributed by atoms with Crippen molar-refractivity contribution in [3.05, 3.63) is 0 Å². The number of ether oxygens (including phenoxy) is 10. The fourth-order valence-corrected chi connectivity index (χ4v) is 2.16. The Kier molecular flexibility index (Phi) is 29.3. The highest BCUT2D eigenvalue weighted by Gasteiger charge is 1.97. The van der Waals surface area contributed by atoms with E-state index in [1.807, 2.05) is 0 Å². The van der Waals surface area contributed by atoms with Crippen molar-refractivity contribution in [3.63, 3.8) is 0 Å². The van der Waals surface area contributed by atoms with Crippen LogP contribution >= 0.6 is 0 Å². The Morgan fingerprint density at radius 1 is 0.412 bits per heavy atom. The number of carboxylic acids is 1. The number of carbonyl (C=O) groups is 1. The molecule has 0 aliphatic heterocycles. The molecule has 0 atom stereocenters. The molecule has 12 heteroatoms. The van der Waals surface area contributed by atoms with Gasteiger partial charge in [0, 0.05) is 7.11 Å². The Hall–Kier alpha value is -0.930. The van der Waals surface area contributed by atoms with Crippen molar-refractivity contribution in [2.45, 2.75) is 6.42 Å². The molecule has 204 valence electrons. The highest BCUT2D eigenvalue weighted by molar-refractivity contribution is 5.66. The van der Waals surface area contributed by atoms with E-state index in [0.717, 1.165) is 0 Å². The lowest BCUT2D eigenvalue weighted by Crippen LogP contribution is -2.15. The maximum atomic E-state index is 10.3. The molecule has 34 heavy (non-hydrogen) atoms. The molecule has 0 spiro atoms. The molecule has 0 saturated heterocycles. The van der Waals surface area contributed by atoms with Gasteiger partial charge in [-0.05, 0) is 0 Å². The van der Waals surface area contributed by atoms with Gasteiger partial charge in [-0.3, -0.25) is 4.79 Å². The van der Waals surface area contributed by atoms with E-state index < -0.39 is 5.97 Å². The monoisotopic (exact) mass is 500 g/mol. The molecule has 0 amide bonds. The normalized spacial score (nSPS) is 11.3.